The van der Waals surface area contributed by atoms with Crippen LogP contribution >= 0.6 is 0 Å². The van der Waals surface area contributed by atoms with Gasteiger partial charge in [-0.3, -0.25) is 0 Å². The molecule has 7 nitrogen and oxygen atoms in total. The van der Waals surface area contributed by atoms with E-state index in [0.717, 1.165) is 12.1 Å². The number of hydrogen-bond donors (Lipinski definition) is 3. The van der Waals surface area contributed by atoms with Crippen LogP contribution in [0.3, 0.4) is 0 Å². The Hall–Kier alpha value is -3.35. The van der Waals surface area contributed by atoms with Crippen LogP contribution in [0.1, 0.15) is 31.1 Å². The fraction of sp³-hybridized carbons (Fsp3) is 0. The third-order valence-corrected chi connectivity index (χ3v) is 3.30. The van der Waals surface area contributed by atoms with E-state index in [4.69, 9.17) is 14.9 Å². The molecular formula is C15H8O7. The third kappa shape index (κ3) is 2.05. The lowest BCUT2D eigenvalue weighted by atomic mass is 9.95. The Balaban J connectivity index is 2.21. The van der Waals surface area contributed by atoms with Crippen molar-refractivity contribution in [2.45, 2.75) is 0 Å². The molecule has 1 heterocycles. The van der Waals surface area contributed by atoms with Crippen molar-refractivity contribution >= 4 is 17.9 Å². The van der Waals surface area contributed by atoms with E-state index in [9.17, 15) is 19.5 Å². The van der Waals surface area contributed by atoms with Crippen molar-refractivity contribution in [3.05, 3.63) is 47.0 Å². The summed E-state index contributed by atoms with van der Waals surface area (Å²) >= 11 is 0. The highest BCUT2D eigenvalue weighted by molar-refractivity contribution is 6.05. The molecule has 0 saturated heterocycles. The highest BCUT2D eigenvalue weighted by atomic mass is 16.6. The number of carbonyl (C=O) groups is 3. The van der Waals surface area contributed by atoms with Crippen LogP contribution in [0.25, 0.3) is 11.1 Å². The molecule has 0 bridgehead atoms. The Morgan fingerprint density at radius 3 is 2.09 bits per heavy atom. The lowest BCUT2D eigenvalue weighted by molar-refractivity contribution is 0.0651. The molecule has 2 aromatic carbocycles. The first-order valence-corrected chi connectivity index (χ1v) is 6.09. The van der Waals surface area contributed by atoms with Crippen molar-refractivity contribution in [3.63, 3.8) is 0 Å². The molecule has 0 aliphatic carbocycles. The number of benzene rings is 2. The number of aromatic carboxylic acids is 3. The molecule has 2 aromatic rings. The van der Waals surface area contributed by atoms with Crippen molar-refractivity contribution < 1.29 is 34.4 Å². The van der Waals surface area contributed by atoms with Crippen LogP contribution in [0.15, 0.2) is 30.3 Å². The van der Waals surface area contributed by atoms with Crippen LogP contribution in [0.5, 0.6) is 11.5 Å². The summed E-state index contributed by atoms with van der Waals surface area (Å²) in [5.74, 6) is -3.28. The van der Waals surface area contributed by atoms with Gasteiger partial charge in [-0.2, -0.15) is 0 Å². The van der Waals surface area contributed by atoms with Gasteiger partial charge in [0.05, 0.1) is 11.1 Å². The molecular weight excluding hydrogens is 292 g/mol. The second-order valence-corrected chi connectivity index (χ2v) is 4.59. The maximum Gasteiger partial charge on any atom is 0.340 e. The van der Waals surface area contributed by atoms with Crippen LogP contribution < -0.4 is 4.74 Å². The van der Waals surface area contributed by atoms with Crippen LogP contribution in [-0.4, -0.2) is 33.2 Å². The zero-order valence-electron chi connectivity index (χ0n) is 10.9. The molecule has 0 radical (unpaired) electrons. The lowest BCUT2D eigenvalue weighted by Gasteiger charge is -2.07. The molecule has 3 N–H and O–H groups in total. The topological polar surface area (TPSA) is 124 Å². The number of carboxylic acids is 3. The van der Waals surface area contributed by atoms with Gasteiger partial charge >= 0.3 is 17.9 Å². The molecule has 1 aliphatic heterocycles. The number of hydrogen-bond acceptors (Lipinski definition) is 4. The van der Waals surface area contributed by atoms with Gasteiger partial charge in [-0.05, 0) is 29.8 Å². The molecule has 110 valence electrons. The Kier molecular flexibility index (Phi) is 2.84. The Bertz CT molecular complexity index is 851. The minimum Gasteiger partial charge on any atom is -0.478 e. The second kappa shape index (κ2) is 4.59. The highest BCUT2D eigenvalue weighted by Gasteiger charge is 2.31. The predicted molar refractivity (Wildman–Crippen MR) is 72.8 cm³/mol. The van der Waals surface area contributed by atoms with E-state index >= 15 is 0 Å². The molecule has 0 fully saturated rings. The zero-order valence-corrected chi connectivity index (χ0v) is 10.9. The average Bonchev–Trinajstić information content (AvgIpc) is 3.24. The molecule has 0 amide bonds. The maximum atomic E-state index is 11.4. The van der Waals surface area contributed by atoms with E-state index in [-0.39, 0.29) is 28.0 Å². The number of fused-ring (bicyclic) bond motifs is 1. The van der Waals surface area contributed by atoms with E-state index in [1.54, 1.807) is 6.07 Å². The van der Waals surface area contributed by atoms with Crippen molar-refractivity contribution in [3.8, 4) is 22.6 Å². The van der Waals surface area contributed by atoms with Gasteiger partial charge in [-0.25, -0.2) is 14.4 Å². The molecule has 0 unspecified atom stereocenters. The van der Waals surface area contributed by atoms with Gasteiger partial charge in [0.15, 0.2) is 11.5 Å². The van der Waals surface area contributed by atoms with E-state index in [1.165, 1.54) is 12.1 Å². The molecule has 7 heteroatoms. The predicted octanol–water partition coefficient (Wildman–Crippen LogP) is 2.55. The summed E-state index contributed by atoms with van der Waals surface area (Å²) in [6.45, 7) is 0. The van der Waals surface area contributed by atoms with Crippen LogP contribution in [0, 0.1) is 0 Å². The van der Waals surface area contributed by atoms with Gasteiger partial charge in [0, 0.05) is 5.56 Å². The van der Waals surface area contributed by atoms with Crippen molar-refractivity contribution in [2.75, 3.05) is 0 Å². The van der Waals surface area contributed by atoms with Gasteiger partial charge < -0.3 is 20.1 Å². The van der Waals surface area contributed by atoms with Gasteiger partial charge in [0.2, 0.25) is 0 Å². The number of rotatable bonds is 4. The SMILES string of the molecule is O=C(O)c1ccc(-c2ccc3c(c2C(=O)O)O3)cc1C(=O)O. The second-order valence-electron chi connectivity index (χ2n) is 4.59. The van der Waals surface area contributed by atoms with Crippen molar-refractivity contribution in [1.29, 1.82) is 0 Å². The van der Waals surface area contributed by atoms with E-state index < -0.39 is 23.5 Å². The fourth-order valence-corrected chi connectivity index (χ4v) is 2.26. The normalized spacial score (nSPS) is 11.3. The quantitative estimate of drug-likeness (QED) is 0.632. The summed E-state index contributed by atoms with van der Waals surface area (Å²) in [5.41, 5.74) is -0.290. The zero-order chi connectivity index (χ0) is 16.0. The van der Waals surface area contributed by atoms with E-state index in [2.05, 4.69) is 0 Å². The maximum absolute atomic E-state index is 11.4. The minimum atomic E-state index is -1.40. The molecule has 1 aliphatic rings. The first-order chi connectivity index (χ1) is 10.4. The van der Waals surface area contributed by atoms with Crippen LogP contribution in [0.4, 0.5) is 0 Å². The number of ether oxygens (including phenoxy) is 1. The summed E-state index contributed by atoms with van der Waals surface area (Å²) in [6, 6.07) is 6.72. The largest absolute Gasteiger partial charge is 0.478 e. The van der Waals surface area contributed by atoms with Crippen molar-refractivity contribution in [2.24, 2.45) is 0 Å². The summed E-state index contributed by atoms with van der Waals surface area (Å²) < 4.78 is 5.04. The molecule has 3 rings (SSSR count). The Morgan fingerprint density at radius 1 is 0.818 bits per heavy atom. The van der Waals surface area contributed by atoms with Crippen LogP contribution in [-0.2, 0) is 0 Å². The molecule has 22 heavy (non-hydrogen) atoms. The minimum absolute atomic E-state index is 0.0723. The van der Waals surface area contributed by atoms with E-state index in [1.807, 2.05) is 0 Å². The summed E-state index contributed by atoms with van der Waals surface area (Å²) in [6.07, 6.45) is 0. The number of carboxylic acid groups (broad SMARTS) is 3. The Labute approximate surface area is 123 Å². The summed E-state index contributed by atoms with van der Waals surface area (Å²) in [5, 5.41) is 27.4. The molecule has 0 aromatic heterocycles. The standard InChI is InChI=1S/C15H8O7/c16-13(17)8-2-1-6(5-9(8)14(18)19)7-3-4-10-12(22-10)11(7)15(20)21/h1-5H,(H,16,17)(H,18,19)(H,20,21). The van der Waals surface area contributed by atoms with Gasteiger partial charge in [0.1, 0.15) is 5.56 Å². The van der Waals surface area contributed by atoms with E-state index in [0.29, 0.717) is 5.75 Å². The smallest absolute Gasteiger partial charge is 0.340 e. The van der Waals surface area contributed by atoms with Gasteiger partial charge in [0.25, 0.3) is 0 Å². The van der Waals surface area contributed by atoms with Gasteiger partial charge in [-0.1, -0.05) is 6.07 Å². The average molecular weight is 300 g/mol. The summed E-state index contributed by atoms with van der Waals surface area (Å²) in [4.78, 5) is 33.6. The molecule has 0 atom stereocenters. The molecule has 0 spiro atoms. The lowest BCUT2D eigenvalue weighted by Crippen LogP contribution is -2.08. The Morgan fingerprint density at radius 2 is 1.50 bits per heavy atom. The van der Waals surface area contributed by atoms with Crippen LogP contribution in [0.2, 0.25) is 0 Å². The first kappa shape index (κ1) is 13.6. The highest BCUT2D eigenvalue weighted by Crippen LogP contribution is 2.51. The third-order valence-electron chi connectivity index (χ3n) is 3.30. The molecule has 0 saturated carbocycles. The monoisotopic (exact) mass is 300 g/mol. The first-order valence-electron chi connectivity index (χ1n) is 6.09. The van der Waals surface area contributed by atoms with Crippen molar-refractivity contribution in [1.82, 2.24) is 0 Å². The summed E-state index contributed by atoms with van der Waals surface area (Å²) in [7, 11) is 0. The van der Waals surface area contributed by atoms with Gasteiger partial charge in [-0.15, -0.1) is 0 Å². The fourth-order valence-electron chi connectivity index (χ4n) is 2.26.